The molecule has 0 aliphatic heterocycles. The molecule has 0 unspecified atom stereocenters. The van der Waals surface area contributed by atoms with Gasteiger partial charge in [-0.05, 0) is 12.1 Å². The van der Waals surface area contributed by atoms with Crippen LogP contribution in [0.4, 0.5) is 5.69 Å². The van der Waals surface area contributed by atoms with Crippen LogP contribution >= 0.6 is 0 Å². The van der Waals surface area contributed by atoms with Gasteiger partial charge in [-0.1, -0.05) is 23.4 Å². The molecule has 0 amide bonds. The fourth-order valence-corrected chi connectivity index (χ4v) is 1.18. The van der Waals surface area contributed by atoms with Crippen LogP contribution in [0.2, 0.25) is 0 Å². The van der Waals surface area contributed by atoms with Crippen molar-refractivity contribution < 1.29 is 5.21 Å². The number of benzene rings is 1. The Labute approximate surface area is 83.6 Å². The molecule has 0 aromatic heterocycles. The molecule has 3 N–H and O–H groups in total. The summed E-state index contributed by atoms with van der Waals surface area (Å²) in [5.41, 5.74) is 7.03. The zero-order chi connectivity index (χ0) is 10.4. The smallest absolute Gasteiger partial charge is 0.0898 e. The van der Waals surface area contributed by atoms with Crippen molar-refractivity contribution in [2.24, 2.45) is 10.9 Å². The summed E-state index contributed by atoms with van der Waals surface area (Å²) in [5.74, 6) is 0. The summed E-state index contributed by atoms with van der Waals surface area (Å²) in [6.07, 6.45) is 0. The van der Waals surface area contributed by atoms with Crippen LogP contribution in [-0.4, -0.2) is 31.1 Å². The van der Waals surface area contributed by atoms with Gasteiger partial charge in [0, 0.05) is 19.3 Å². The van der Waals surface area contributed by atoms with Gasteiger partial charge in [0.1, 0.15) is 0 Å². The number of rotatable bonds is 4. The molecule has 1 aromatic rings. The van der Waals surface area contributed by atoms with Crippen molar-refractivity contribution in [3.8, 4) is 0 Å². The minimum atomic E-state index is 0.272. The summed E-state index contributed by atoms with van der Waals surface area (Å²) in [6.45, 7) is 0.810. The van der Waals surface area contributed by atoms with Crippen molar-refractivity contribution in [2.45, 2.75) is 0 Å². The molecule has 14 heavy (non-hydrogen) atoms. The third-order valence-electron chi connectivity index (χ3n) is 1.99. The Bertz CT molecular complexity index is 297. The second-order valence-corrected chi connectivity index (χ2v) is 3.06. The highest BCUT2D eigenvalue weighted by Crippen LogP contribution is 2.10. The van der Waals surface area contributed by atoms with Crippen LogP contribution in [0.1, 0.15) is 0 Å². The van der Waals surface area contributed by atoms with E-state index < -0.39 is 0 Å². The van der Waals surface area contributed by atoms with E-state index in [2.05, 4.69) is 5.16 Å². The van der Waals surface area contributed by atoms with E-state index in [1.54, 1.807) is 0 Å². The molecular weight excluding hydrogens is 178 g/mol. The average molecular weight is 193 g/mol. The predicted octanol–water partition coefficient (Wildman–Crippen LogP) is 0.912. The number of nitrogens with zero attached hydrogens (tertiary/aromatic N) is 2. The molecule has 0 saturated carbocycles. The molecule has 0 saturated heterocycles. The van der Waals surface area contributed by atoms with Gasteiger partial charge in [0.05, 0.1) is 12.3 Å². The lowest BCUT2D eigenvalue weighted by molar-refractivity contribution is 0.317. The molecule has 0 heterocycles. The number of oxime groups is 1. The van der Waals surface area contributed by atoms with E-state index in [9.17, 15) is 0 Å². The lowest BCUT2D eigenvalue weighted by atomic mass is 10.2. The van der Waals surface area contributed by atoms with Gasteiger partial charge in [-0.15, -0.1) is 0 Å². The minimum absolute atomic E-state index is 0.272. The van der Waals surface area contributed by atoms with Crippen LogP contribution < -0.4 is 10.6 Å². The number of nitrogens with two attached hydrogens (primary N) is 1. The van der Waals surface area contributed by atoms with E-state index >= 15 is 0 Å². The summed E-state index contributed by atoms with van der Waals surface area (Å²) in [6, 6.07) is 9.87. The maximum atomic E-state index is 8.60. The van der Waals surface area contributed by atoms with E-state index in [1.165, 1.54) is 0 Å². The first kappa shape index (κ1) is 10.5. The van der Waals surface area contributed by atoms with Gasteiger partial charge in [-0.25, -0.2) is 0 Å². The molecule has 0 aliphatic carbocycles. The third kappa shape index (κ3) is 2.74. The van der Waals surface area contributed by atoms with Crippen molar-refractivity contribution in [1.29, 1.82) is 0 Å². The SMILES string of the molecule is CN(CC(CN)=NO)c1ccccc1. The first-order valence-corrected chi connectivity index (χ1v) is 4.44. The highest BCUT2D eigenvalue weighted by molar-refractivity contribution is 5.89. The van der Waals surface area contributed by atoms with Crippen molar-refractivity contribution in [1.82, 2.24) is 0 Å². The van der Waals surface area contributed by atoms with E-state index in [0.29, 0.717) is 12.3 Å². The van der Waals surface area contributed by atoms with E-state index in [1.807, 2.05) is 42.3 Å². The second kappa shape index (κ2) is 5.24. The first-order chi connectivity index (χ1) is 6.77. The van der Waals surface area contributed by atoms with Crippen LogP contribution in [-0.2, 0) is 0 Å². The van der Waals surface area contributed by atoms with Crippen molar-refractivity contribution in [3.63, 3.8) is 0 Å². The molecular formula is C10H15N3O. The zero-order valence-electron chi connectivity index (χ0n) is 8.22. The number of para-hydroxylation sites is 1. The van der Waals surface area contributed by atoms with Crippen molar-refractivity contribution in [2.75, 3.05) is 25.0 Å². The van der Waals surface area contributed by atoms with Crippen LogP contribution in [0.25, 0.3) is 0 Å². The molecule has 0 atom stereocenters. The second-order valence-electron chi connectivity index (χ2n) is 3.06. The van der Waals surface area contributed by atoms with Crippen LogP contribution in [0, 0.1) is 0 Å². The topological polar surface area (TPSA) is 61.8 Å². The van der Waals surface area contributed by atoms with Gasteiger partial charge in [0.15, 0.2) is 0 Å². The quantitative estimate of drug-likeness (QED) is 0.424. The molecule has 0 aliphatic rings. The third-order valence-corrected chi connectivity index (χ3v) is 1.99. The molecule has 0 bridgehead atoms. The Balaban J connectivity index is 2.63. The first-order valence-electron chi connectivity index (χ1n) is 4.44. The molecule has 0 radical (unpaired) electrons. The summed E-state index contributed by atoms with van der Waals surface area (Å²) in [4.78, 5) is 1.97. The molecule has 4 heteroatoms. The maximum Gasteiger partial charge on any atom is 0.0898 e. The standard InChI is InChI=1S/C10H15N3O/c1-13(8-9(7-11)12-14)10-5-3-2-4-6-10/h2-6,14H,7-8,11H2,1H3. The highest BCUT2D eigenvalue weighted by Gasteiger charge is 2.03. The minimum Gasteiger partial charge on any atom is -0.411 e. The Morgan fingerprint density at radius 2 is 2.07 bits per heavy atom. The van der Waals surface area contributed by atoms with Gasteiger partial charge in [-0.2, -0.15) is 0 Å². The molecule has 76 valence electrons. The number of hydrogen-bond acceptors (Lipinski definition) is 4. The van der Waals surface area contributed by atoms with Crippen LogP contribution in [0.15, 0.2) is 35.5 Å². The largest absolute Gasteiger partial charge is 0.411 e. The summed E-state index contributed by atoms with van der Waals surface area (Å²) in [5, 5.41) is 11.7. The average Bonchev–Trinajstić information content (AvgIpc) is 2.26. The van der Waals surface area contributed by atoms with Gasteiger partial charge in [-0.3, -0.25) is 0 Å². The van der Waals surface area contributed by atoms with E-state index in [0.717, 1.165) is 5.69 Å². The number of hydrogen-bond donors (Lipinski definition) is 2. The molecule has 0 spiro atoms. The van der Waals surface area contributed by atoms with Gasteiger partial charge in [0.2, 0.25) is 0 Å². The van der Waals surface area contributed by atoms with Gasteiger partial charge in [0.25, 0.3) is 0 Å². The van der Waals surface area contributed by atoms with Crippen LogP contribution in [0.5, 0.6) is 0 Å². The van der Waals surface area contributed by atoms with Crippen molar-refractivity contribution in [3.05, 3.63) is 30.3 Å². The zero-order valence-corrected chi connectivity index (χ0v) is 8.22. The lowest BCUT2D eigenvalue weighted by Crippen LogP contribution is -2.30. The normalized spacial score (nSPS) is 11.4. The van der Waals surface area contributed by atoms with E-state index in [-0.39, 0.29) is 6.54 Å². The van der Waals surface area contributed by atoms with Gasteiger partial charge < -0.3 is 15.8 Å². The monoisotopic (exact) mass is 193 g/mol. The fourth-order valence-electron chi connectivity index (χ4n) is 1.18. The molecule has 0 fully saturated rings. The van der Waals surface area contributed by atoms with Crippen molar-refractivity contribution >= 4 is 11.4 Å². The Morgan fingerprint density at radius 3 is 2.57 bits per heavy atom. The molecule has 1 aromatic carbocycles. The Morgan fingerprint density at radius 1 is 1.43 bits per heavy atom. The summed E-state index contributed by atoms with van der Waals surface area (Å²) >= 11 is 0. The fraction of sp³-hybridized carbons (Fsp3) is 0.300. The lowest BCUT2D eigenvalue weighted by Gasteiger charge is -2.18. The molecule has 4 nitrogen and oxygen atoms in total. The Kier molecular flexibility index (Phi) is 3.94. The maximum absolute atomic E-state index is 8.60. The Hall–Kier alpha value is -1.55. The predicted molar refractivity (Wildman–Crippen MR) is 58.0 cm³/mol. The summed E-state index contributed by atoms with van der Waals surface area (Å²) in [7, 11) is 1.93. The van der Waals surface area contributed by atoms with Crippen LogP contribution in [0.3, 0.4) is 0 Å². The van der Waals surface area contributed by atoms with E-state index in [4.69, 9.17) is 10.9 Å². The summed E-state index contributed by atoms with van der Waals surface area (Å²) < 4.78 is 0. The van der Waals surface area contributed by atoms with Gasteiger partial charge >= 0.3 is 0 Å². The highest BCUT2D eigenvalue weighted by atomic mass is 16.4. The molecule has 1 rings (SSSR count). The number of anilines is 1.